The summed E-state index contributed by atoms with van der Waals surface area (Å²) in [7, 11) is 1.57. The predicted octanol–water partition coefficient (Wildman–Crippen LogP) is 2.02. The number of hydrogen-bond donors (Lipinski definition) is 1. The third-order valence-electron chi connectivity index (χ3n) is 2.59. The Bertz CT molecular complexity index is 551. The zero-order chi connectivity index (χ0) is 13.8. The number of benzene rings is 1. The molecular weight excluding hydrogens is 248 g/mol. The van der Waals surface area contributed by atoms with Crippen molar-refractivity contribution >= 4 is 0 Å². The summed E-state index contributed by atoms with van der Waals surface area (Å²) in [4.78, 5) is 4.05. The van der Waals surface area contributed by atoms with Gasteiger partial charge in [-0.1, -0.05) is 5.16 Å². The lowest BCUT2D eigenvalue weighted by molar-refractivity contribution is 0.185. The van der Waals surface area contributed by atoms with Crippen molar-refractivity contribution in [2.75, 3.05) is 7.11 Å². The van der Waals surface area contributed by atoms with Gasteiger partial charge >= 0.3 is 0 Å². The summed E-state index contributed by atoms with van der Waals surface area (Å²) in [5, 5.41) is 13.4. The van der Waals surface area contributed by atoms with Crippen LogP contribution in [-0.4, -0.2) is 22.4 Å². The number of aliphatic hydroxyl groups is 1. The van der Waals surface area contributed by atoms with E-state index in [1.165, 1.54) is 0 Å². The molecule has 1 unspecified atom stereocenters. The van der Waals surface area contributed by atoms with Gasteiger partial charge in [-0.2, -0.15) is 4.98 Å². The highest BCUT2D eigenvalue weighted by Gasteiger charge is 2.12. The highest BCUT2D eigenvalue weighted by atomic mass is 16.5. The van der Waals surface area contributed by atoms with E-state index in [1.54, 1.807) is 39.2 Å². The first kappa shape index (κ1) is 13.4. The van der Waals surface area contributed by atoms with Gasteiger partial charge < -0.3 is 19.1 Å². The van der Waals surface area contributed by atoms with E-state index < -0.39 is 6.10 Å². The third kappa shape index (κ3) is 3.23. The van der Waals surface area contributed by atoms with Gasteiger partial charge in [0.1, 0.15) is 11.5 Å². The minimum Gasteiger partial charge on any atom is -0.497 e. The molecule has 1 N–H and O–H groups in total. The fourth-order valence-electron chi connectivity index (χ4n) is 1.65. The molecule has 1 aromatic heterocycles. The lowest BCUT2D eigenvalue weighted by Crippen LogP contribution is -2.02. The fraction of sp³-hybridized carbons (Fsp3) is 0.385. The molecule has 1 aromatic carbocycles. The van der Waals surface area contributed by atoms with Gasteiger partial charge in [-0.05, 0) is 26.0 Å². The molecule has 0 radical (unpaired) electrons. The van der Waals surface area contributed by atoms with Crippen LogP contribution in [0.4, 0.5) is 0 Å². The molecular formula is C13H16N2O4. The van der Waals surface area contributed by atoms with E-state index in [0.29, 0.717) is 28.8 Å². The molecule has 0 amide bonds. The Morgan fingerprint density at radius 3 is 2.79 bits per heavy atom. The second kappa shape index (κ2) is 5.71. The van der Waals surface area contributed by atoms with Crippen LogP contribution < -0.4 is 9.47 Å². The molecule has 0 saturated heterocycles. The smallest absolute Gasteiger partial charge is 0.264 e. The molecule has 6 nitrogen and oxygen atoms in total. The van der Waals surface area contributed by atoms with Crippen LogP contribution >= 0.6 is 0 Å². The Labute approximate surface area is 111 Å². The highest BCUT2D eigenvalue weighted by Crippen LogP contribution is 2.30. The Morgan fingerprint density at radius 1 is 1.42 bits per heavy atom. The average Bonchev–Trinajstić information content (AvgIpc) is 2.81. The van der Waals surface area contributed by atoms with Crippen LogP contribution in [0.1, 0.15) is 30.3 Å². The van der Waals surface area contributed by atoms with Crippen molar-refractivity contribution < 1.29 is 19.1 Å². The Hall–Kier alpha value is -2.08. The van der Waals surface area contributed by atoms with Crippen LogP contribution in [-0.2, 0) is 6.61 Å². The van der Waals surface area contributed by atoms with E-state index in [-0.39, 0.29) is 6.61 Å². The number of ether oxygens (including phenoxy) is 2. The molecule has 0 spiro atoms. The summed E-state index contributed by atoms with van der Waals surface area (Å²) < 4.78 is 15.7. The normalized spacial score (nSPS) is 12.2. The summed E-state index contributed by atoms with van der Waals surface area (Å²) in [6, 6.07) is 5.24. The highest BCUT2D eigenvalue weighted by molar-refractivity contribution is 5.41. The second-order valence-electron chi connectivity index (χ2n) is 4.10. The number of aryl methyl sites for hydroxylation is 1. The van der Waals surface area contributed by atoms with Crippen LogP contribution in [0, 0.1) is 6.92 Å². The van der Waals surface area contributed by atoms with Gasteiger partial charge in [0.2, 0.25) is 0 Å². The van der Waals surface area contributed by atoms with Crippen molar-refractivity contribution in [1.82, 2.24) is 10.1 Å². The van der Waals surface area contributed by atoms with Crippen LogP contribution in [0.5, 0.6) is 11.5 Å². The van der Waals surface area contributed by atoms with E-state index in [0.717, 1.165) is 0 Å². The maximum atomic E-state index is 9.70. The molecule has 2 rings (SSSR count). The van der Waals surface area contributed by atoms with Crippen molar-refractivity contribution in [1.29, 1.82) is 0 Å². The fourth-order valence-corrected chi connectivity index (χ4v) is 1.65. The molecule has 0 bridgehead atoms. The zero-order valence-corrected chi connectivity index (χ0v) is 11.1. The topological polar surface area (TPSA) is 77.6 Å². The number of methoxy groups -OCH3 is 1. The molecule has 0 aliphatic rings. The number of aromatic nitrogens is 2. The van der Waals surface area contributed by atoms with Crippen molar-refractivity contribution in [2.24, 2.45) is 0 Å². The quantitative estimate of drug-likeness (QED) is 0.890. The minimum atomic E-state index is -0.634. The zero-order valence-electron chi connectivity index (χ0n) is 11.1. The van der Waals surface area contributed by atoms with Gasteiger partial charge in [0.25, 0.3) is 5.89 Å². The molecule has 2 aromatic rings. The van der Waals surface area contributed by atoms with Gasteiger partial charge in [0, 0.05) is 11.6 Å². The molecule has 1 heterocycles. The van der Waals surface area contributed by atoms with Crippen LogP contribution in [0.15, 0.2) is 22.7 Å². The molecule has 1 atom stereocenters. The SMILES string of the molecule is COc1ccc(C(C)O)c(OCc2nc(C)no2)c1. The van der Waals surface area contributed by atoms with Gasteiger partial charge in [-0.3, -0.25) is 0 Å². The first-order valence-electron chi connectivity index (χ1n) is 5.88. The molecule has 102 valence electrons. The Morgan fingerprint density at radius 2 is 2.21 bits per heavy atom. The largest absolute Gasteiger partial charge is 0.497 e. The third-order valence-corrected chi connectivity index (χ3v) is 2.59. The monoisotopic (exact) mass is 264 g/mol. The molecule has 0 aliphatic heterocycles. The average molecular weight is 264 g/mol. The predicted molar refractivity (Wildman–Crippen MR) is 67.0 cm³/mol. The van der Waals surface area contributed by atoms with Crippen molar-refractivity contribution in [3.05, 3.63) is 35.5 Å². The van der Waals surface area contributed by atoms with Gasteiger partial charge in [-0.15, -0.1) is 0 Å². The molecule has 19 heavy (non-hydrogen) atoms. The molecule has 0 saturated carbocycles. The van der Waals surface area contributed by atoms with Crippen molar-refractivity contribution in [3.8, 4) is 11.5 Å². The van der Waals surface area contributed by atoms with Crippen LogP contribution in [0.2, 0.25) is 0 Å². The maximum absolute atomic E-state index is 9.70. The number of hydrogen-bond acceptors (Lipinski definition) is 6. The molecule has 6 heteroatoms. The van der Waals surface area contributed by atoms with Gasteiger partial charge in [0.15, 0.2) is 12.4 Å². The van der Waals surface area contributed by atoms with E-state index in [1.807, 2.05) is 0 Å². The van der Waals surface area contributed by atoms with Crippen molar-refractivity contribution in [3.63, 3.8) is 0 Å². The summed E-state index contributed by atoms with van der Waals surface area (Å²) in [5.41, 5.74) is 0.678. The van der Waals surface area contributed by atoms with E-state index in [4.69, 9.17) is 14.0 Å². The lowest BCUT2D eigenvalue weighted by Gasteiger charge is -2.13. The van der Waals surface area contributed by atoms with Crippen molar-refractivity contribution in [2.45, 2.75) is 26.6 Å². The number of aliphatic hydroxyl groups excluding tert-OH is 1. The summed E-state index contributed by atoms with van der Waals surface area (Å²) >= 11 is 0. The second-order valence-corrected chi connectivity index (χ2v) is 4.10. The lowest BCUT2D eigenvalue weighted by atomic mass is 10.1. The van der Waals surface area contributed by atoms with E-state index in [2.05, 4.69) is 10.1 Å². The minimum absolute atomic E-state index is 0.147. The molecule has 0 aliphatic carbocycles. The number of nitrogens with zero attached hydrogens (tertiary/aromatic N) is 2. The summed E-state index contributed by atoms with van der Waals surface area (Å²) in [6.45, 7) is 3.55. The van der Waals surface area contributed by atoms with Gasteiger partial charge in [-0.25, -0.2) is 0 Å². The van der Waals surface area contributed by atoms with Crippen LogP contribution in [0.3, 0.4) is 0 Å². The van der Waals surface area contributed by atoms with Gasteiger partial charge in [0.05, 0.1) is 13.2 Å². The van der Waals surface area contributed by atoms with E-state index in [9.17, 15) is 5.11 Å². The standard InChI is InChI=1S/C13H16N2O4/c1-8(16)11-5-4-10(17-3)6-12(11)18-7-13-14-9(2)15-19-13/h4-6,8,16H,7H2,1-3H3. The summed E-state index contributed by atoms with van der Waals surface area (Å²) in [5.74, 6) is 2.13. The maximum Gasteiger partial charge on any atom is 0.264 e. The molecule has 0 fully saturated rings. The first-order chi connectivity index (χ1) is 9.10. The van der Waals surface area contributed by atoms with E-state index >= 15 is 0 Å². The Balaban J connectivity index is 2.17. The first-order valence-corrected chi connectivity index (χ1v) is 5.88. The summed E-state index contributed by atoms with van der Waals surface area (Å²) in [6.07, 6.45) is -0.634. The Kier molecular flexibility index (Phi) is 4.01. The van der Waals surface area contributed by atoms with Crippen LogP contribution in [0.25, 0.3) is 0 Å². The number of rotatable bonds is 5.